The summed E-state index contributed by atoms with van der Waals surface area (Å²) < 4.78 is 10.8. The van der Waals surface area contributed by atoms with E-state index in [-0.39, 0.29) is 12.0 Å². The van der Waals surface area contributed by atoms with Crippen molar-refractivity contribution >= 4 is 11.6 Å². The minimum atomic E-state index is 0.183. The van der Waals surface area contributed by atoms with E-state index in [9.17, 15) is 4.79 Å². The monoisotopic (exact) mass is 306 g/mol. The molecule has 1 amide bonds. The number of carbonyl (C=O) groups is 1. The molecule has 5 nitrogen and oxygen atoms in total. The number of ether oxygens (including phenoxy) is 2. The third-order valence-corrected chi connectivity index (χ3v) is 3.98. The number of nitrogen functional groups attached to an aromatic ring is 1. The van der Waals surface area contributed by atoms with Crippen molar-refractivity contribution in [2.45, 2.75) is 31.8 Å². The topological polar surface area (TPSA) is 64.8 Å². The van der Waals surface area contributed by atoms with Gasteiger partial charge in [-0.15, -0.1) is 0 Å². The molecule has 122 valence electrons. The summed E-state index contributed by atoms with van der Waals surface area (Å²) in [7, 11) is 1.70. The number of hydrogen-bond acceptors (Lipinski definition) is 4. The van der Waals surface area contributed by atoms with Gasteiger partial charge in [-0.05, 0) is 37.0 Å². The van der Waals surface area contributed by atoms with Crippen LogP contribution in [0.2, 0.25) is 0 Å². The van der Waals surface area contributed by atoms with Gasteiger partial charge in [0.25, 0.3) is 0 Å². The fourth-order valence-electron chi connectivity index (χ4n) is 2.65. The maximum Gasteiger partial charge on any atom is 0.226 e. The van der Waals surface area contributed by atoms with E-state index in [1.54, 1.807) is 7.11 Å². The Hall–Kier alpha value is -1.59. The molecule has 22 heavy (non-hydrogen) atoms. The Morgan fingerprint density at radius 3 is 2.55 bits per heavy atom. The van der Waals surface area contributed by atoms with Crippen LogP contribution < -0.4 is 5.73 Å². The number of nitrogens with zero attached hydrogens (tertiary/aromatic N) is 1. The summed E-state index contributed by atoms with van der Waals surface area (Å²) in [6.07, 6.45) is 3.48. The minimum absolute atomic E-state index is 0.183. The van der Waals surface area contributed by atoms with E-state index in [1.807, 2.05) is 29.2 Å². The molecule has 5 heteroatoms. The van der Waals surface area contributed by atoms with E-state index in [2.05, 4.69) is 0 Å². The van der Waals surface area contributed by atoms with Crippen molar-refractivity contribution < 1.29 is 14.3 Å². The number of carbonyl (C=O) groups excluding carboxylic acids is 1. The molecule has 2 rings (SSSR count). The second kappa shape index (κ2) is 8.76. The Morgan fingerprint density at radius 1 is 1.23 bits per heavy atom. The van der Waals surface area contributed by atoms with E-state index in [0.717, 1.165) is 56.8 Å². The van der Waals surface area contributed by atoms with Crippen molar-refractivity contribution in [3.05, 3.63) is 29.8 Å². The van der Waals surface area contributed by atoms with Crippen LogP contribution in [0.5, 0.6) is 0 Å². The van der Waals surface area contributed by atoms with Gasteiger partial charge in [0.05, 0.1) is 12.5 Å². The van der Waals surface area contributed by atoms with Crippen LogP contribution in [-0.2, 0) is 20.7 Å². The van der Waals surface area contributed by atoms with Crippen LogP contribution in [0.3, 0.4) is 0 Å². The number of methoxy groups -OCH3 is 1. The van der Waals surface area contributed by atoms with E-state index in [0.29, 0.717) is 6.42 Å². The first kappa shape index (κ1) is 16.8. The predicted molar refractivity (Wildman–Crippen MR) is 86.6 cm³/mol. The average Bonchev–Trinajstić information content (AvgIpc) is 2.54. The molecule has 1 aliphatic rings. The van der Waals surface area contributed by atoms with Gasteiger partial charge < -0.3 is 20.1 Å². The van der Waals surface area contributed by atoms with Crippen LogP contribution in [-0.4, -0.2) is 50.3 Å². The van der Waals surface area contributed by atoms with Crippen LogP contribution in [0, 0.1) is 0 Å². The molecular formula is C17H26N2O3. The second-order valence-corrected chi connectivity index (χ2v) is 5.72. The smallest absolute Gasteiger partial charge is 0.226 e. The zero-order valence-electron chi connectivity index (χ0n) is 13.3. The Kier molecular flexibility index (Phi) is 6.68. The highest BCUT2D eigenvalue weighted by molar-refractivity contribution is 5.79. The third kappa shape index (κ3) is 5.31. The van der Waals surface area contributed by atoms with Gasteiger partial charge in [0.15, 0.2) is 0 Å². The van der Waals surface area contributed by atoms with Crippen molar-refractivity contribution in [3.8, 4) is 0 Å². The van der Waals surface area contributed by atoms with Gasteiger partial charge >= 0.3 is 0 Å². The molecule has 1 aromatic carbocycles. The molecular weight excluding hydrogens is 280 g/mol. The average molecular weight is 306 g/mol. The number of amides is 1. The summed E-state index contributed by atoms with van der Waals surface area (Å²) in [4.78, 5) is 14.2. The molecule has 0 aromatic heterocycles. The molecule has 0 spiro atoms. The van der Waals surface area contributed by atoms with Crippen LogP contribution in [0.15, 0.2) is 24.3 Å². The fraction of sp³-hybridized carbons (Fsp3) is 0.588. The minimum Gasteiger partial charge on any atom is -0.399 e. The summed E-state index contributed by atoms with van der Waals surface area (Å²) >= 11 is 0. The van der Waals surface area contributed by atoms with E-state index >= 15 is 0 Å². The molecule has 0 atom stereocenters. The molecule has 1 aliphatic heterocycles. The maximum absolute atomic E-state index is 12.3. The fourth-order valence-corrected chi connectivity index (χ4v) is 2.65. The van der Waals surface area contributed by atoms with E-state index in [4.69, 9.17) is 15.2 Å². The van der Waals surface area contributed by atoms with Gasteiger partial charge in [0.2, 0.25) is 5.91 Å². The number of rotatable bonds is 7. The van der Waals surface area contributed by atoms with Gasteiger partial charge in [0, 0.05) is 39.1 Å². The SMILES string of the molecule is COCCCOC1CCN(C(=O)Cc2ccc(N)cc2)CC1. The first-order chi connectivity index (χ1) is 10.7. The third-order valence-electron chi connectivity index (χ3n) is 3.98. The summed E-state index contributed by atoms with van der Waals surface area (Å²) in [6.45, 7) is 3.03. The van der Waals surface area contributed by atoms with Gasteiger partial charge in [-0.25, -0.2) is 0 Å². The zero-order valence-corrected chi connectivity index (χ0v) is 13.3. The molecule has 1 aromatic rings. The maximum atomic E-state index is 12.3. The van der Waals surface area contributed by atoms with Crippen molar-refractivity contribution in [3.63, 3.8) is 0 Å². The molecule has 1 heterocycles. The Bertz CT molecular complexity index is 453. The highest BCUT2D eigenvalue weighted by atomic mass is 16.5. The molecule has 0 unspecified atom stereocenters. The van der Waals surface area contributed by atoms with Crippen molar-refractivity contribution in [2.75, 3.05) is 39.1 Å². The number of benzene rings is 1. The summed E-state index contributed by atoms with van der Waals surface area (Å²) in [6, 6.07) is 7.50. The molecule has 0 saturated carbocycles. The van der Waals surface area contributed by atoms with Gasteiger partial charge in [-0.3, -0.25) is 4.79 Å². The molecule has 0 radical (unpaired) electrons. The van der Waals surface area contributed by atoms with E-state index in [1.165, 1.54) is 0 Å². The lowest BCUT2D eigenvalue weighted by Crippen LogP contribution is -2.41. The molecule has 0 bridgehead atoms. The van der Waals surface area contributed by atoms with Gasteiger partial charge in [-0.1, -0.05) is 12.1 Å². The lowest BCUT2D eigenvalue weighted by Gasteiger charge is -2.32. The molecule has 1 fully saturated rings. The second-order valence-electron chi connectivity index (χ2n) is 5.72. The first-order valence-corrected chi connectivity index (χ1v) is 7.92. The molecule has 1 saturated heterocycles. The number of anilines is 1. The Morgan fingerprint density at radius 2 is 1.91 bits per heavy atom. The van der Waals surface area contributed by atoms with Crippen LogP contribution in [0.4, 0.5) is 5.69 Å². The Balaban J connectivity index is 1.69. The molecule has 2 N–H and O–H groups in total. The number of piperidine rings is 1. The number of likely N-dealkylation sites (tertiary alicyclic amines) is 1. The lowest BCUT2D eigenvalue weighted by molar-refractivity contribution is -0.133. The van der Waals surface area contributed by atoms with Crippen LogP contribution in [0.25, 0.3) is 0 Å². The summed E-state index contributed by atoms with van der Waals surface area (Å²) in [5, 5.41) is 0. The predicted octanol–water partition coefficient (Wildman–Crippen LogP) is 1.86. The standard InChI is InChI=1S/C17H26N2O3/c1-21-11-2-12-22-16-7-9-19(10-8-16)17(20)13-14-3-5-15(18)6-4-14/h3-6,16H,2,7-13,18H2,1H3. The lowest BCUT2D eigenvalue weighted by atomic mass is 10.1. The van der Waals surface area contributed by atoms with Crippen molar-refractivity contribution in [2.24, 2.45) is 0 Å². The largest absolute Gasteiger partial charge is 0.399 e. The van der Waals surface area contributed by atoms with Crippen molar-refractivity contribution in [1.29, 1.82) is 0 Å². The van der Waals surface area contributed by atoms with Crippen molar-refractivity contribution in [1.82, 2.24) is 4.90 Å². The highest BCUT2D eigenvalue weighted by Crippen LogP contribution is 2.16. The highest BCUT2D eigenvalue weighted by Gasteiger charge is 2.23. The number of nitrogens with two attached hydrogens (primary N) is 1. The van der Waals surface area contributed by atoms with E-state index < -0.39 is 0 Å². The quantitative estimate of drug-likeness (QED) is 0.617. The summed E-state index contributed by atoms with van der Waals surface area (Å²) in [5.74, 6) is 0.183. The van der Waals surface area contributed by atoms with Gasteiger partial charge in [-0.2, -0.15) is 0 Å². The Labute approximate surface area is 132 Å². The van der Waals surface area contributed by atoms with Crippen LogP contribution in [0.1, 0.15) is 24.8 Å². The summed E-state index contributed by atoms with van der Waals surface area (Å²) in [5.41, 5.74) is 7.39. The zero-order chi connectivity index (χ0) is 15.8. The van der Waals surface area contributed by atoms with Crippen LogP contribution >= 0.6 is 0 Å². The first-order valence-electron chi connectivity index (χ1n) is 7.92. The number of hydrogen-bond donors (Lipinski definition) is 1. The molecule has 0 aliphatic carbocycles. The van der Waals surface area contributed by atoms with Gasteiger partial charge in [0.1, 0.15) is 0 Å². The normalized spacial score (nSPS) is 16.0.